The van der Waals surface area contributed by atoms with Crippen molar-refractivity contribution in [2.24, 2.45) is 0 Å². The first kappa shape index (κ1) is 12.4. The highest BCUT2D eigenvalue weighted by atomic mass is 35.5. The van der Waals surface area contributed by atoms with Gasteiger partial charge in [-0.15, -0.1) is 11.6 Å². The summed E-state index contributed by atoms with van der Waals surface area (Å²) in [6.07, 6.45) is 0.690. The van der Waals surface area contributed by atoms with Gasteiger partial charge in [0.25, 0.3) is 0 Å². The van der Waals surface area contributed by atoms with E-state index in [9.17, 15) is 4.39 Å². The number of rotatable bonds is 2. The third-order valence-corrected chi connectivity index (χ3v) is 2.86. The van der Waals surface area contributed by atoms with E-state index in [2.05, 4.69) is 30.3 Å². The molecule has 2 nitrogen and oxygen atoms in total. The number of fused-ring (bicyclic) bond motifs is 1. The second-order valence-electron chi connectivity index (χ2n) is 5.11. The van der Waals surface area contributed by atoms with Gasteiger partial charge in [-0.05, 0) is 32.9 Å². The first-order valence-electron chi connectivity index (χ1n) is 5.67. The zero-order valence-corrected chi connectivity index (χ0v) is 11.1. The normalized spacial score (nSPS) is 12.3. The Morgan fingerprint density at radius 1 is 1.35 bits per heavy atom. The van der Waals surface area contributed by atoms with Crippen molar-refractivity contribution in [1.29, 1.82) is 0 Å². The van der Waals surface area contributed by atoms with Crippen molar-refractivity contribution in [3.63, 3.8) is 0 Å². The molecule has 0 N–H and O–H groups in total. The molecule has 0 aliphatic heterocycles. The maximum absolute atomic E-state index is 13.2. The second kappa shape index (κ2) is 4.30. The van der Waals surface area contributed by atoms with E-state index >= 15 is 0 Å². The van der Waals surface area contributed by atoms with Crippen LogP contribution in [0.1, 0.15) is 26.6 Å². The van der Waals surface area contributed by atoms with Crippen LogP contribution in [0.4, 0.5) is 4.39 Å². The lowest BCUT2D eigenvalue weighted by atomic mass is 10.1. The minimum Gasteiger partial charge on any atom is -0.323 e. The van der Waals surface area contributed by atoms with Gasteiger partial charge in [0.1, 0.15) is 11.6 Å². The molecule has 1 heterocycles. The van der Waals surface area contributed by atoms with Crippen LogP contribution < -0.4 is 0 Å². The van der Waals surface area contributed by atoms with Gasteiger partial charge in [-0.25, -0.2) is 9.37 Å². The van der Waals surface area contributed by atoms with Crippen molar-refractivity contribution < 1.29 is 4.39 Å². The summed E-state index contributed by atoms with van der Waals surface area (Å²) in [6, 6.07) is 4.71. The third-order valence-electron chi connectivity index (χ3n) is 2.67. The molecule has 0 bridgehead atoms. The van der Waals surface area contributed by atoms with Crippen LogP contribution in [0.25, 0.3) is 11.0 Å². The molecule has 0 aliphatic rings. The molecule has 0 amide bonds. The molecule has 0 fully saturated rings. The summed E-state index contributed by atoms with van der Waals surface area (Å²) in [5.74, 6) is 1.17. The molecule has 4 heteroatoms. The number of hydrogen-bond acceptors (Lipinski definition) is 1. The Morgan fingerprint density at radius 3 is 2.65 bits per heavy atom. The van der Waals surface area contributed by atoms with Gasteiger partial charge in [0.05, 0.1) is 11.0 Å². The van der Waals surface area contributed by atoms with E-state index in [1.54, 1.807) is 6.07 Å². The number of hydrogen-bond donors (Lipinski definition) is 0. The Bertz CT molecular complexity index is 540. The Balaban J connectivity index is 2.71. The molecule has 0 atom stereocenters. The highest BCUT2D eigenvalue weighted by Crippen LogP contribution is 2.26. The van der Waals surface area contributed by atoms with E-state index in [0.29, 0.717) is 17.8 Å². The van der Waals surface area contributed by atoms with E-state index in [-0.39, 0.29) is 11.4 Å². The van der Waals surface area contributed by atoms with E-state index in [1.165, 1.54) is 12.1 Å². The summed E-state index contributed by atoms with van der Waals surface area (Å²) in [5, 5.41) is 0. The molecule has 0 unspecified atom stereocenters. The fourth-order valence-electron chi connectivity index (χ4n) is 2.10. The Kier molecular flexibility index (Phi) is 3.13. The number of benzene rings is 1. The molecule has 17 heavy (non-hydrogen) atoms. The monoisotopic (exact) mass is 254 g/mol. The van der Waals surface area contributed by atoms with Crippen LogP contribution >= 0.6 is 11.6 Å². The fraction of sp³-hybridized carbons (Fsp3) is 0.462. The van der Waals surface area contributed by atoms with E-state index in [0.717, 1.165) is 11.3 Å². The predicted molar refractivity (Wildman–Crippen MR) is 69.1 cm³/mol. The summed E-state index contributed by atoms with van der Waals surface area (Å²) < 4.78 is 15.3. The number of alkyl halides is 1. The molecule has 1 aromatic heterocycles. The van der Waals surface area contributed by atoms with Crippen molar-refractivity contribution in [3.8, 4) is 0 Å². The SMILES string of the molecule is CC(C)(C)n1c(CCCl)nc2cc(F)ccc21. The molecule has 2 rings (SSSR count). The molecule has 0 radical (unpaired) electrons. The summed E-state index contributed by atoms with van der Waals surface area (Å²) in [6.45, 7) is 6.32. The Morgan fingerprint density at radius 2 is 2.06 bits per heavy atom. The van der Waals surface area contributed by atoms with Gasteiger partial charge in [-0.1, -0.05) is 0 Å². The van der Waals surface area contributed by atoms with Crippen molar-refractivity contribution >= 4 is 22.6 Å². The zero-order chi connectivity index (χ0) is 12.6. The highest BCUT2D eigenvalue weighted by Gasteiger charge is 2.21. The van der Waals surface area contributed by atoms with Gasteiger partial charge in [0, 0.05) is 23.9 Å². The molecule has 0 saturated carbocycles. The van der Waals surface area contributed by atoms with Crippen molar-refractivity contribution in [3.05, 3.63) is 29.8 Å². The maximum Gasteiger partial charge on any atom is 0.125 e. The second-order valence-corrected chi connectivity index (χ2v) is 5.48. The summed E-state index contributed by atoms with van der Waals surface area (Å²) in [4.78, 5) is 4.47. The van der Waals surface area contributed by atoms with Gasteiger partial charge >= 0.3 is 0 Å². The molecular formula is C13H16ClFN2. The van der Waals surface area contributed by atoms with Crippen LogP contribution in [0.3, 0.4) is 0 Å². The van der Waals surface area contributed by atoms with Crippen molar-refractivity contribution in [2.45, 2.75) is 32.7 Å². The smallest absolute Gasteiger partial charge is 0.125 e. The average Bonchev–Trinajstić information content (AvgIpc) is 2.54. The van der Waals surface area contributed by atoms with Crippen molar-refractivity contribution in [1.82, 2.24) is 9.55 Å². The lowest BCUT2D eigenvalue weighted by molar-refractivity contribution is 0.395. The quantitative estimate of drug-likeness (QED) is 0.747. The van der Waals surface area contributed by atoms with Crippen LogP contribution in [0, 0.1) is 5.82 Å². The van der Waals surface area contributed by atoms with Crippen LogP contribution in [-0.4, -0.2) is 15.4 Å². The molecule has 92 valence electrons. The summed E-state index contributed by atoms with van der Waals surface area (Å²) >= 11 is 5.79. The summed E-state index contributed by atoms with van der Waals surface area (Å²) in [5.41, 5.74) is 1.56. The number of nitrogens with zero attached hydrogens (tertiary/aromatic N) is 2. The molecule has 1 aromatic carbocycles. The topological polar surface area (TPSA) is 17.8 Å². The van der Waals surface area contributed by atoms with E-state index < -0.39 is 0 Å². The molecular weight excluding hydrogens is 239 g/mol. The third kappa shape index (κ3) is 2.29. The zero-order valence-electron chi connectivity index (χ0n) is 10.3. The van der Waals surface area contributed by atoms with Gasteiger partial charge in [0.15, 0.2) is 0 Å². The largest absolute Gasteiger partial charge is 0.323 e. The molecule has 0 spiro atoms. The minimum absolute atomic E-state index is 0.0893. The van der Waals surface area contributed by atoms with E-state index in [4.69, 9.17) is 11.6 Å². The average molecular weight is 255 g/mol. The molecule has 2 aromatic rings. The Labute approximate surface area is 105 Å². The fourth-order valence-corrected chi connectivity index (χ4v) is 2.27. The van der Waals surface area contributed by atoms with Crippen LogP contribution in [0.2, 0.25) is 0 Å². The number of imidazole rings is 1. The number of aryl methyl sites for hydroxylation is 1. The van der Waals surface area contributed by atoms with Crippen molar-refractivity contribution in [2.75, 3.05) is 5.88 Å². The first-order valence-corrected chi connectivity index (χ1v) is 6.20. The number of halogens is 2. The van der Waals surface area contributed by atoms with Gasteiger partial charge in [-0.3, -0.25) is 0 Å². The lowest BCUT2D eigenvalue weighted by Gasteiger charge is -2.24. The lowest BCUT2D eigenvalue weighted by Crippen LogP contribution is -2.24. The first-order chi connectivity index (χ1) is 7.93. The van der Waals surface area contributed by atoms with Crippen LogP contribution in [0.5, 0.6) is 0 Å². The van der Waals surface area contributed by atoms with E-state index in [1.807, 2.05) is 0 Å². The minimum atomic E-state index is -0.256. The molecule has 0 aliphatic carbocycles. The predicted octanol–water partition coefficient (Wildman–Crippen LogP) is 3.71. The van der Waals surface area contributed by atoms with Crippen LogP contribution in [0.15, 0.2) is 18.2 Å². The maximum atomic E-state index is 13.2. The standard InChI is InChI=1S/C13H16ClFN2/c1-13(2,3)17-11-5-4-9(15)8-10(11)16-12(17)6-7-14/h4-5,8H,6-7H2,1-3H3. The molecule has 0 saturated heterocycles. The van der Waals surface area contributed by atoms with Gasteiger partial charge in [0.2, 0.25) is 0 Å². The van der Waals surface area contributed by atoms with Crippen LogP contribution in [-0.2, 0) is 12.0 Å². The number of aromatic nitrogens is 2. The Hall–Kier alpha value is -1.09. The highest BCUT2D eigenvalue weighted by molar-refractivity contribution is 6.17. The summed E-state index contributed by atoms with van der Waals surface area (Å²) in [7, 11) is 0. The van der Waals surface area contributed by atoms with Gasteiger partial charge < -0.3 is 4.57 Å². The van der Waals surface area contributed by atoms with Gasteiger partial charge in [-0.2, -0.15) is 0 Å².